The lowest BCUT2D eigenvalue weighted by Crippen LogP contribution is -2.33. The molecular weight excluding hydrogens is 651 g/mol. The first-order valence-electron chi connectivity index (χ1n) is 21.1. The van der Waals surface area contributed by atoms with Crippen molar-refractivity contribution < 1.29 is 0 Å². The van der Waals surface area contributed by atoms with Crippen molar-refractivity contribution in [2.45, 2.75) is 120 Å². The Balaban J connectivity index is 0.980. The maximum absolute atomic E-state index is 4.36. The summed E-state index contributed by atoms with van der Waals surface area (Å²) in [5.74, 6) is 0. The van der Waals surface area contributed by atoms with Crippen molar-refractivity contribution in [1.29, 1.82) is 0 Å². The molecule has 0 N–H and O–H groups in total. The van der Waals surface area contributed by atoms with Crippen molar-refractivity contribution in [2.24, 2.45) is 10.8 Å². The molecule has 5 saturated carbocycles. The maximum atomic E-state index is 4.36. The second-order valence-corrected chi connectivity index (χ2v) is 18.6. The van der Waals surface area contributed by atoms with E-state index in [1.165, 1.54) is 111 Å². The van der Waals surface area contributed by atoms with E-state index < -0.39 is 0 Å². The van der Waals surface area contributed by atoms with Crippen molar-refractivity contribution in [1.82, 2.24) is 0 Å². The van der Waals surface area contributed by atoms with Crippen molar-refractivity contribution in [3.8, 4) is 0 Å². The molecule has 1 nitrogen and oxygen atoms in total. The number of hydrogen-bond acceptors (Lipinski definition) is 1. The fraction of sp³-hybridized carbons (Fsp3) is 0.396. The molecule has 274 valence electrons. The third kappa shape index (κ3) is 5.02. The molecule has 6 aliphatic rings. The summed E-state index contributed by atoms with van der Waals surface area (Å²) in [6.45, 7) is 13.0. The summed E-state index contributed by atoms with van der Waals surface area (Å²) in [4.78, 5) is 2.50. The molecule has 3 atom stereocenters. The van der Waals surface area contributed by atoms with Crippen LogP contribution in [0.3, 0.4) is 0 Å². The minimum absolute atomic E-state index is 0.201. The van der Waals surface area contributed by atoms with Gasteiger partial charge in [-0.3, -0.25) is 0 Å². The monoisotopic (exact) mass is 707 g/mol. The van der Waals surface area contributed by atoms with Crippen LogP contribution in [-0.4, -0.2) is 0 Å². The Morgan fingerprint density at radius 1 is 0.611 bits per heavy atom. The Bertz CT molecular complexity index is 2170. The highest BCUT2D eigenvalue weighted by atomic mass is 15.1. The van der Waals surface area contributed by atoms with Gasteiger partial charge in [-0.25, -0.2) is 0 Å². The van der Waals surface area contributed by atoms with Gasteiger partial charge >= 0.3 is 0 Å². The summed E-state index contributed by atoms with van der Waals surface area (Å²) in [6, 6.07) is 40.5. The Labute approximate surface area is 324 Å². The SMILES string of the molecule is C=CC(=C)C12CCC(c3ccc(N(c4ccc(C56CCC(/C(C)=C/C)(CC5)C6)cc4)c4ccc(C56CCCC(c7ccccc7)(CC5)C6)cc4)cc3)=C1C2. The third-order valence-corrected chi connectivity index (χ3v) is 16.5. The normalized spacial score (nSPS) is 32.1. The number of fused-ring (bicyclic) bond motifs is 5. The van der Waals surface area contributed by atoms with Gasteiger partial charge in [0.1, 0.15) is 0 Å². The molecule has 4 aromatic carbocycles. The first kappa shape index (κ1) is 34.2. The van der Waals surface area contributed by atoms with Crippen LogP contribution in [0, 0.1) is 10.8 Å². The smallest absolute Gasteiger partial charge is 0.0462 e. The molecule has 4 aromatic rings. The molecule has 10 rings (SSSR count). The summed E-state index contributed by atoms with van der Waals surface area (Å²) in [7, 11) is 0. The number of nitrogens with zero attached hydrogens (tertiary/aromatic N) is 1. The zero-order chi connectivity index (χ0) is 36.8. The summed E-state index contributed by atoms with van der Waals surface area (Å²) < 4.78 is 0. The Morgan fingerprint density at radius 2 is 1.13 bits per heavy atom. The van der Waals surface area contributed by atoms with Gasteiger partial charge in [0, 0.05) is 22.5 Å². The van der Waals surface area contributed by atoms with Crippen LogP contribution in [0.4, 0.5) is 17.1 Å². The summed E-state index contributed by atoms with van der Waals surface area (Å²) in [5.41, 5.74) is 17.3. The molecule has 0 radical (unpaired) electrons. The average molecular weight is 708 g/mol. The largest absolute Gasteiger partial charge is 0.311 e. The predicted octanol–water partition coefficient (Wildman–Crippen LogP) is 14.5. The fourth-order valence-electron chi connectivity index (χ4n) is 13.1. The topological polar surface area (TPSA) is 3.24 Å². The van der Waals surface area contributed by atoms with Gasteiger partial charge in [0.15, 0.2) is 0 Å². The number of rotatable bonds is 10. The van der Waals surface area contributed by atoms with E-state index in [0.29, 0.717) is 16.2 Å². The molecule has 0 aromatic heterocycles. The van der Waals surface area contributed by atoms with Crippen LogP contribution in [0.5, 0.6) is 0 Å². The molecule has 0 heterocycles. The number of benzene rings is 4. The predicted molar refractivity (Wildman–Crippen MR) is 228 cm³/mol. The number of anilines is 3. The van der Waals surface area contributed by atoms with Crippen molar-refractivity contribution >= 4 is 22.6 Å². The van der Waals surface area contributed by atoms with Gasteiger partial charge in [-0.15, -0.1) is 0 Å². The second kappa shape index (κ2) is 12.3. The van der Waals surface area contributed by atoms with Gasteiger partial charge in [-0.05, 0) is 189 Å². The van der Waals surface area contributed by atoms with Crippen LogP contribution < -0.4 is 4.90 Å². The van der Waals surface area contributed by atoms with E-state index in [-0.39, 0.29) is 10.8 Å². The van der Waals surface area contributed by atoms with Crippen LogP contribution in [0.2, 0.25) is 0 Å². The quantitative estimate of drug-likeness (QED) is 0.117. The van der Waals surface area contributed by atoms with E-state index in [9.17, 15) is 0 Å². The molecule has 0 amide bonds. The van der Waals surface area contributed by atoms with Crippen LogP contribution in [0.25, 0.3) is 5.57 Å². The van der Waals surface area contributed by atoms with Gasteiger partial charge in [-0.2, -0.15) is 0 Å². The maximum Gasteiger partial charge on any atom is 0.0462 e. The molecule has 1 heteroatoms. The van der Waals surface area contributed by atoms with E-state index in [2.05, 4.69) is 141 Å². The van der Waals surface area contributed by atoms with Gasteiger partial charge in [0.2, 0.25) is 0 Å². The highest BCUT2D eigenvalue weighted by Gasteiger charge is 2.56. The highest BCUT2D eigenvalue weighted by Crippen LogP contribution is 2.68. The first-order chi connectivity index (χ1) is 26.3. The molecule has 54 heavy (non-hydrogen) atoms. The molecule has 4 bridgehead atoms. The molecule has 5 fully saturated rings. The fourth-order valence-corrected chi connectivity index (χ4v) is 13.1. The summed E-state index contributed by atoms with van der Waals surface area (Å²) in [5, 5.41) is 0. The van der Waals surface area contributed by atoms with Gasteiger partial charge < -0.3 is 4.90 Å². The zero-order valence-corrected chi connectivity index (χ0v) is 32.7. The van der Waals surface area contributed by atoms with Crippen molar-refractivity contribution in [3.63, 3.8) is 0 Å². The molecule has 0 aliphatic heterocycles. The van der Waals surface area contributed by atoms with E-state index >= 15 is 0 Å². The molecule has 0 saturated heterocycles. The van der Waals surface area contributed by atoms with Crippen LogP contribution in [-0.2, 0) is 16.2 Å². The second-order valence-electron chi connectivity index (χ2n) is 18.6. The van der Waals surface area contributed by atoms with E-state index in [1.54, 1.807) is 27.8 Å². The standard InChI is InChI=1S/C53H57N/c1-5-38(3)49-29-31-52(36-49,32-30-49)43-17-23-46(24-18-43)54(44-19-13-40(14-20-44)47-25-28-53(35-48(47)53)39(4)6-2)45-21-15-42(16-22-45)51-27-10-26-50(37-51,33-34-51)41-11-8-7-9-12-41/h5-9,11-24H,2,4,10,25-37H2,1,3H3/b38-5+. The van der Waals surface area contributed by atoms with E-state index in [4.69, 9.17) is 0 Å². The average Bonchev–Trinajstić information content (AvgIpc) is 3.52. The van der Waals surface area contributed by atoms with Crippen LogP contribution in [0.15, 0.2) is 145 Å². The van der Waals surface area contributed by atoms with Gasteiger partial charge in [0.25, 0.3) is 0 Å². The van der Waals surface area contributed by atoms with Crippen molar-refractivity contribution in [3.05, 3.63) is 167 Å². The Morgan fingerprint density at radius 3 is 1.67 bits per heavy atom. The van der Waals surface area contributed by atoms with Gasteiger partial charge in [0.05, 0.1) is 0 Å². The molecule has 3 unspecified atom stereocenters. The summed E-state index contributed by atoms with van der Waals surface area (Å²) in [6.07, 6.45) is 22.3. The summed E-state index contributed by atoms with van der Waals surface area (Å²) >= 11 is 0. The molecular formula is C53H57N. The highest BCUT2D eigenvalue weighted by molar-refractivity contribution is 5.82. The lowest BCUT2D eigenvalue weighted by atomic mass is 9.64. The third-order valence-electron chi connectivity index (χ3n) is 16.5. The minimum atomic E-state index is 0.201. The zero-order valence-electron chi connectivity index (χ0n) is 32.7. The molecule has 6 aliphatic carbocycles. The van der Waals surface area contributed by atoms with E-state index in [0.717, 1.165) is 12.8 Å². The lowest BCUT2D eigenvalue weighted by molar-refractivity contribution is 0.268. The Kier molecular flexibility index (Phi) is 7.80. The van der Waals surface area contributed by atoms with Crippen molar-refractivity contribution in [2.75, 3.05) is 4.90 Å². The van der Waals surface area contributed by atoms with Crippen LogP contribution in [0.1, 0.15) is 126 Å². The lowest BCUT2D eigenvalue weighted by Gasteiger charge is -2.40. The first-order valence-corrected chi connectivity index (χ1v) is 21.1. The molecule has 0 spiro atoms. The van der Waals surface area contributed by atoms with E-state index in [1.807, 2.05) is 6.08 Å². The Hall–Kier alpha value is -4.36. The minimum Gasteiger partial charge on any atom is -0.311 e. The van der Waals surface area contributed by atoms with Gasteiger partial charge in [-0.1, -0.05) is 110 Å². The van der Waals surface area contributed by atoms with Crippen LogP contribution >= 0.6 is 0 Å². The number of hydrogen-bond donors (Lipinski definition) is 0. The number of allylic oxidation sites excluding steroid dienone is 6.